The molecule has 104 valence electrons. The Labute approximate surface area is 119 Å². The first-order valence-corrected chi connectivity index (χ1v) is 7.00. The summed E-state index contributed by atoms with van der Waals surface area (Å²) in [5.74, 6) is -0.565. The van der Waals surface area contributed by atoms with Crippen LogP contribution in [0.1, 0.15) is 25.3 Å². The number of hydrogen-bond donors (Lipinski definition) is 1. The monoisotopic (exact) mass is 269 g/mol. The van der Waals surface area contributed by atoms with E-state index in [0.29, 0.717) is 18.7 Å². The zero-order valence-electron chi connectivity index (χ0n) is 11.7. The van der Waals surface area contributed by atoms with Gasteiger partial charge >= 0.3 is 0 Å². The molecule has 1 aromatic rings. The summed E-state index contributed by atoms with van der Waals surface area (Å²) in [6.45, 7) is 2.61. The van der Waals surface area contributed by atoms with E-state index >= 15 is 0 Å². The van der Waals surface area contributed by atoms with Crippen LogP contribution in [-0.2, 0) is 11.2 Å². The van der Waals surface area contributed by atoms with Crippen molar-refractivity contribution in [2.45, 2.75) is 32.2 Å². The van der Waals surface area contributed by atoms with Gasteiger partial charge in [0, 0.05) is 6.54 Å². The molecule has 2 atom stereocenters. The molecule has 1 saturated heterocycles. The highest BCUT2D eigenvalue weighted by molar-refractivity contribution is 6.40. The molecule has 1 aliphatic rings. The third kappa shape index (κ3) is 3.67. The minimum Gasteiger partial charge on any atom is -0.351 e. The quantitative estimate of drug-likeness (QED) is 0.913. The second-order valence-corrected chi connectivity index (χ2v) is 5.13. The number of amides is 1. The maximum Gasteiger partial charge on any atom is 0.266 e. The van der Waals surface area contributed by atoms with Crippen LogP contribution < -0.4 is 5.32 Å². The lowest BCUT2D eigenvalue weighted by Crippen LogP contribution is -2.33. The molecule has 4 heteroatoms. The van der Waals surface area contributed by atoms with E-state index in [1.807, 2.05) is 37.3 Å². The highest BCUT2D eigenvalue weighted by Gasteiger charge is 2.25. The summed E-state index contributed by atoms with van der Waals surface area (Å²) in [5, 5.41) is 12.0. The van der Waals surface area contributed by atoms with Gasteiger partial charge in [0.25, 0.3) is 5.91 Å². The Morgan fingerprint density at radius 2 is 2.20 bits per heavy atom. The van der Waals surface area contributed by atoms with E-state index in [-0.39, 0.29) is 17.9 Å². The topological polar surface area (TPSA) is 65.2 Å². The highest BCUT2D eigenvalue weighted by atomic mass is 16.1. The molecular formula is C16H19N3O. The summed E-state index contributed by atoms with van der Waals surface area (Å²) in [6, 6.07) is 12.2. The van der Waals surface area contributed by atoms with Crippen molar-refractivity contribution in [3.05, 3.63) is 35.9 Å². The molecule has 0 radical (unpaired) electrons. The maximum atomic E-state index is 12.0. The minimum atomic E-state index is -0.379. The first-order chi connectivity index (χ1) is 9.70. The number of aliphatic imine (C=N–C) groups is 1. The fourth-order valence-corrected chi connectivity index (χ4v) is 2.41. The van der Waals surface area contributed by atoms with Crippen LogP contribution in [-0.4, -0.2) is 24.2 Å². The van der Waals surface area contributed by atoms with E-state index in [1.165, 1.54) is 5.56 Å². The molecule has 4 nitrogen and oxygen atoms in total. The summed E-state index contributed by atoms with van der Waals surface area (Å²) < 4.78 is 0. The number of carbonyl (C=O) groups excluding carboxylic acids is 1. The van der Waals surface area contributed by atoms with Crippen LogP contribution in [0.15, 0.2) is 35.3 Å². The van der Waals surface area contributed by atoms with Crippen molar-refractivity contribution in [1.82, 2.24) is 5.32 Å². The molecule has 1 aromatic carbocycles. The maximum absolute atomic E-state index is 12.0. The van der Waals surface area contributed by atoms with E-state index < -0.39 is 0 Å². The minimum absolute atomic E-state index is 0.00731. The molecular weight excluding hydrogens is 250 g/mol. The summed E-state index contributed by atoms with van der Waals surface area (Å²) in [7, 11) is 0. The predicted octanol–water partition coefficient (Wildman–Crippen LogP) is 2.11. The van der Waals surface area contributed by atoms with Gasteiger partial charge in [0.2, 0.25) is 0 Å². The Morgan fingerprint density at radius 3 is 2.90 bits per heavy atom. The lowest BCUT2D eigenvalue weighted by molar-refractivity contribution is -0.114. The molecule has 1 amide bonds. The summed E-state index contributed by atoms with van der Waals surface area (Å²) in [4.78, 5) is 16.5. The van der Waals surface area contributed by atoms with Crippen molar-refractivity contribution in [3.63, 3.8) is 0 Å². The predicted molar refractivity (Wildman–Crippen MR) is 78.4 cm³/mol. The van der Waals surface area contributed by atoms with Gasteiger partial charge in [0.15, 0.2) is 0 Å². The Balaban J connectivity index is 2.13. The van der Waals surface area contributed by atoms with Gasteiger partial charge in [0.1, 0.15) is 5.71 Å². The van der Waals surface area contributed by atoms with E-state index in [0.717, 1.165) is 12.8 Å². The third-order valence-corrected chi connectivity index (χ3v) is 3.41. The van der Waals surface area contributed by atoms with Gasteiger partial charge < -0.3 is 5.32 Å². The number of carbonyl (C=O) groups is 1. The summed E-state index contributed by atoms with van der Waals surface area (Å²) in [6.07, 6.45) is 2.30. The van der Waals surface area contributed by atoms with E-state index in [9.17, 15) is 10.1 Å². The molecule has 1 aliphatic heterocycles. The van der Waals surface area contributed by atoms with Gasteiger partial charge in [-0.2, -0.15) is 5.26 Å². The SMILES string of the molecule is C[C@@H](Cc1ccccc1)N=C1C(=O)NCCCC1C#N. The average Bonchev–Trinajstić information content (AvgIpc) is 2.62. The smallest absolute Gasteiger partial charge is 0.266 e. The molecule has 2 rings (SSSR count). The lowest BCUT2D eigenvalue weighted by Gasteiger charge is -2.12. The molecule has 20 heavy (non-hydrogen) atoms. The Kier molecular flexibility index (Phi) is 4.89. The normalized spacial score (nSPS) is 22.7. The van der Waals surface area contributed by atoms with Gasteiger partial charge in [-0.3, -0.25) is 9.79 Å². The van der Waals surface area contributed by atoms with Gasteiger partial charge in [-0.1, -0.05) is 30.3 Å². The average molecular weight is 269 g/mol. The lowest BCUT2D eigenvalue weighted by atomic mass is 9.99. The third-order valence-electron chi connectivity index (χ3n) is 3.41. The molecule has 1 fully saturated rings. The van der Waals surface area contributed by atoms with Gasteiger partial charge in [-0.25, -0.2) is 0 Å². The second kappa shape index (κ2) is 6.85. The number of rotatable bonds is 3. The number of nitriles is 1. The standard InChI is InChI=1S/C16H19N3O/c1-12(10-13-6-3-2-4-7-13)19-15-14(11-17)8-5-9-18-16(15)20/h2-4,6-7,12,14H,5,8-10H2,1H3,(H,18,20)/t12-,14?/m0/s1. The van der Waals surface area contributed by atoms with Crippen LogP contribution >= 0.6 is 0 Å². The summed E-state index contributed by atoms with van der Waals surface area (Å²) >= 11 is 0. The molecule has 1 N–H and O–H groups in total. The fraction of sp³-hybridized carbons (Fsp3) is 0.438. The number of hydrogen-bond acceptors (Lipinski definition) is 3. The zero-order valence-corrected chi connectivity index (χ0v) is 11.7. The Hall–Kier alpha value is -2.15. The molecule has 0 aromatic heterocycles. The molecule has 0 saturated carbocycles. The largest absolute Gasteiger partial charge is 0.351 e. The van der Waals surface area contributed by atoms with Crippen molar-refractivity contribution < 1.29 is 4.79 Å². The van der Waals surface area contributed by atoms with Crippen molar-refractivity contribution in [2.24, 2.45) is 10.9 Å². The molecule has 0 bridgehead atoms. The fourth-order valence-electron chi connectivity index (χ4n) is 2.41. The second-order valence-electron chi connectivity index (χ2n) is 5.13. The summed E-state index contributed by atoms with van der Waals surface area (Å²) in [5.41, 5.74) is 1.58. The van der Waals surface area contributed by atoms with Crippen LogP contribution in [0.2, 0.25) is 0 Å². The first-order valence-electron chi connectivity index (χ1n) is 7.00. The van der Waals surface area contributed by atoms with Crippen LogP contribution in [0.25, 0.3) is 0 Å². The van der Waals surface area contributed by atoms with Crippen molar-refractivity contribution in [3.8, 4) is 6.07 Å². The zero-order chi connectivity index (χ0) is 14.4. The number of benzene rings is 1. The molecule has 0 spiro atoms. The molecule has 0 aliphatic carbocycles. The highest BCUT2D eigenvalue weighted by Crippen LogP contribution is 2.14. The van der Waals surface area contributed by atoms with Crippen molar-refractivity contribution >= 4 is 11.6 Å². The van der Waals surface area contributed by atoms with Crippen molar-refractivity contribution in [2.75, 3.05) is 6.54 Å². The van der Waals surface area contributed by atoms with Crippen LogP contribution in [0.3, 0.4) is 0 Å². The van der Waals surface area contributed by atoms with Gasteiger partial charge in [-0.15, -0.1) is 0 Å². The van der Waals surface area contributed by atoms with Gasteiger partial charge in [-0.05, 0) is 31.7 Å². The van der Waals surface area contributed by atoms with Crippen molar-refractivity contribution in [1.29, 1.82) is 5.26 Å². The molecule has 1 heterocycles. The first kappa shape index (κ1) is 14.3. The van der Waals surface area contributed by atoms with Gasteiger partial charge in [0.05, 0.1) is 18.0 Å². The molecule has 1 unspecified atom stereocenters. The Morgan fingerprint density at radius 1 is 1.45 bits per heavy atom. The van der Waals surface area contributed by atoms with E-state index in [1.54, 1.807) is 0 Å². The van der Waals surface area contributed by atoms with Crippen LogP contribution in [0.5, 0.6) is 0 Å². The Bertz CT molecular complexity index is 530. The van der Waals surface area contributed by atoms with E-state index in [4.69, 9.17) is 0 Å². The number of nitrogens with zero attached hydrogens (tertiary/aromatic N) is 2. The van der Waals surface area contributed by atoms with Crippen LogP contribution in [0.4, 0.5) is 0 Å². The number of nitrogens with one attached hydrogen (secondary N) is 1. The van der Waals surface area contributed by atoms with E-state index in [2.05, 4.69) is 16.4 Å². The van der Waals surface area contributed by atoms with Crippen LogP contribution in [0, 0.1) is 17.2 Å².